The van der Waals surface area contributed by atoms with Gasteiger partial charge in [-0.05, 0) is 23.8 Å². The van der Waals surface area contributed by atoms with Crippen molar-refractivity contribution in [2.45, 2.75) is 5.92 Å². The molecule has 1 amide bonds. The number of carbonyl (C=O) groups excluding carboxylic acids is 1. The van der Waals surface area contributed by atoms with E-state index in [0.29, 0.717) is 18.9 Å². The number of hydrogen-bond acceptors (Lipinski definition) is 5. The van der Waals surface area contributed by atoms with E-state index in [1.165, 1.54) is 0 Å². The van der Waals surface area contributed by atoms with Gasteiger partial charge in [-0.3, -0.25) is 9.89 Å². The number of anilines is 1. The van der Waals surface area contributed by atoms with E-state index in [9.17, 15) is 4.79 Å². The number of rotatable bonds is 9. The molecule has 0 saturated heterocycles. The smallest absolute Gasteiger partial charge is 0.233 e. The minimum Gasteiger partial charge on any atom is -0.491 e. The molecule has 0 saturated carbocycles. The van der Waals surface area contributed by atoms with Crippen molar-refractivity contribution in [1.29, 1.82) is 0 Å². The van der Waals surface area contributed by atoms with Gasteiger partial charge in [0.05, 0.1) is 29.9 Å². The number of nitrogens with zero attached hydrogens (tertiary/aromatic N) is 1. The third-order valence-electron chi connectivity index (χ3n) is 5.17. The van der Waals surface area contributed by atoms with Crippen molar-refractivity contribution in [3.8, 4) is 16.9 Å². The lowest BCUT2D eigenvalue weighted by Crippen LogP contribution is -2.27. The highest BCUT2D eigenvalue weighted by molar-refractivity contribution is 6.07. The van der Waals surface area contributed by atoms with Gasteiger partial charge >= 0.3 is 0 Å². The van der Waals surface area contributed by atoms with Crippen molar-refractivity contribution >= 4 is 22.5 Å². The summed E-state index contributed by atoms with van der Waals surface area (Å²) in [6.07, 6.45) is 5.51. The predicted molar refractivity (Wildman–Crippen MR) is 120 cm³/mol. The molecule has 0 aliphatic heterocycles. The summed E-state index contributed by atoms with van der Waals surface area (Å²) in [6.45, 7) is 1.18. The number of nitrogens with one attached hydrogen (secondary N) is 3. The van der Waals surface area contributed by atoms with Crippen molar-refractivity contribution in [1.82, 2.24) is 15.2 Å². The van der Waals surface area contributed by atoms with Crippen molar-refractivity contribution in [2.75, 3.05) is 32.2 Å². The maximum atomic E-state index is 13.1. The van der Waals surface area contributed by atoms with E-state index < -0.39 is 5.92 Å². The number of hydrogen-bond donors (Lipinski definition) is 4. The van der Waals surface area contributed by atoms with Gasteiger partial charge in [0.25, 0.3) is 0 Å². The fourth-order valence-corrected chi connectivity index (χ4v) is 3.55. The van der Waals surface area contributed by atoms with E-state index in [1.807, 2.05) is 54.9 Å². The van der Waals surface area contributed by atoms with Gasteiger partial charge in [-0.15, -0.1) is 0 Å². The SMILES string of the molecule is COCCOc1ccc(C(CN)C(=O)Nc2cccc3c(-c4cn[nH]c4)c[nH]c23)cc1. The van der Waals surface area contributed by atoms with Crippen LogP contribution in [0.25, 0.3) is 22.0 Å². The van der Waals surface area contributed by atoms with Crippen LogP contribution in [-0.4, -0.2) is 48.0 Å². The van der Waals surface area contributed by atoms with Crippen LogP contribution in [0.3, 0.4) is 0 Å². The van der Waals surface area contributed by atoms with Crippen LogP contribution in [0.2, 0.25) is 0 Å². The molecule has 8 nitrogen and oxygen atoms in total. The molecule has 1 unspecified atom stereocenters. The Balaban J connectivity index is 1.52. The minimum absolute atomic E-state index is 0.164. The zero-order valence-corrected chi connectivity index (χ0v) is 17.2. The summed E-state index contributed by atoms with van der Waals surface area (Å²) in [7, 11) is 1.63. The number of aromatic nitrogens is 3. The summed E-state index contributed by atoms with van der Waals surface area (Å²) in [5.41, 5.74) is 10.3. The molecule has 1 atom stereocenters. The number of ether oxygens (including phenoxy) is 2. The number of amides is 1. The maximum absolute atomic E-state index is 13.1. The molecule has 5 N–H and O–H groups in total. The van der Waals surface area contributed by atoms with Crippen LogP contribution < -0.4 is 15.8 Å². The van der Waals surface area contributed by atoms with Crippen LogP contribution in [-0.2, 0) is 9.53 Å². The third kappa shape index (κ3) is 4.45. The lowest BCUT2D eigenvalue weighted by molar-refractivity contribution is -0.117. The molecule has 2 aromatic carbocycles. The molecule has 0 bridgehead atoms. The van der Waals surface area contributed by atoms with Gasteiger partial charge in [0.1, 0.15) is 12.4 Å². The normalized spacial score (nSPS) is 12.1. The van der Waals surface area contributed by atoms with Gasteiger partial charge in [0.15, 0.2) is 0 Å². The molecule has 4 aromatic rings. The second kappa shape index (κ2) is 9.46. The zero-order chi connectivity index (χ0) is 21.6. The molecule has 2 heterocycles. The molecular formula is C23H25N5O3. The number of benzene rings is 2. The van der Waals surface area contributed by atoms with E-state index >= 15 is 0 Å². The largest absolute Gasteiger partial charge is 0.491 e. The summed E-state index contributed by atoms with van der Waals surface area (Å²) in [4.78, 5) is 16.3. The fraction of sp³-hybridized carbons (Fsp3) is 0.217. The van der Waals surface area contributed by atoms with E-state index in [1.54, 1.807) is 13.3 Å². The molecule has 8 heteroatoms. The van der Waals surface area contributed by atoms with Crippen LogP contribution in [0.15, 0.2) is 61.1 Å². The maximum Gasteiger partial charge on any atom is 0.233 e. The Kier molecular flexibility index (Phi) is 6.30. The first-order valence-electron chi connectivity index (χ1n) is 10.0. The summed E-state index contributed by atoms with van der Waals surface area (Å²) in [5.74, 6) is 0.0778. The molecule has 0 fully saturated rings. The van der Waals surface area contributed by atoms with Gasteiger partial charge in [0.2, 0.25) is 5.91 Å². The van der Waals surface area contributed by atoms with Crippen LogP contribution in [0.1, 0.15) is 11.5 Å². The lowest BCUT2D eigenvalue weighted by atomic mass is 9.98. The fourth-order valence-electron chi connectivity index (χ4n) is 3.55. The van der Waals surface area contributed by atoms with Gasteiger partial charge in [0, 0.05) is 42.6 Å². The molecule has 0 aliphatic carbocycles. The monoisotopic (exact) mass is 419 g/mol. The number of nitrogens with two attached hydrogens (primary N) is 1. The Morgan fingerprint density at radius 1 is 1.16 bits per heavy atom. The average molecular weight is 419 g/mol. The van der Waals surface area contributed by atoms with E-state index in [4.69, 9.17) is 15.2 Å². The summed E-state index contributed by atoms with van der Waals surface area (Å²) >= 11 is 0. The Labute approximate surface area is 179 Å². The highest BCUT2D eigenvalue weighted by atomic mass is 16.5. The van der Waals surface area contributed by atoms with Crippen molar-refractivity contribution in [3.63, 3.8) is 0 Å². The Bertz CT molecular complexity index is 1140. The first-order chi connectivity index (χ1) is 15.2. The number of fused-ring (bicyclic) bond motifs is 1. The quantitative estimate of drug-likeness (QED) is 0.311. The molecule has 0 radical (unpaired) electrons. The molecule has 160 valence electrons. The Morgan fingerprint density at radius 2 is 2.00 bits per heavy atom. The van der Waals surface area contributed by atoms with Crippen molar-refractivity contribution in [2.24, 2.45) is 5.73 Å². The first-order valence-corrected chi connectivity index (χ1v) is 10.0. The van der Waals surface area contributed by atoms with Crippen molar-refractivity contribution < 1.29 is 14.3 Å². The Morgan fingerprint density at radius 3 is 2.71 bits per heavy atom. The summed E-state index contributed by atoms with van der Waals surface area (Å²) < 4.78 is 10.6. The highest BCUT2D eigenvalue weighted by Gasteiger charge is 2.21. The summed E-state index contributed by atoms with van der Waals surface area (Å²) in [6, 6.07) is 13.2. The van der Waals surface area contributed by atoms with Crippen LogP contribution in [0.5, 0.6) is 5.75 Å². The topological polar surface area (TPSA) is 118 Å². The molecular weight excluding hydrogens is 394 g/mol. The standard InChI is InChI=1S/C23H25N5O3/c1-30-9-10-31-17-7-5-15(6-8-17)19(11-24)23(29)28-21-4-2-3-18-20(14-25-22(18)21)16-12-26-27-13-16/h2-8,12-14,19,25H,9-11,24H2,1H3,(H,26,27)(H,28,29). The van der Waals surface area contributed by atoms with E-state index in [2.05, 4.69) is 20.5 Å². The molecule has 2 aromatic heterocycles. The zero-order valence-electron chi connectivity index (χ0n) is 17.2. The highest BCUT2D eigenvalue weighted by Crippen LogP contribution is 2.32. The molecule has 0 spiro atoms. The Hall–Kier alpha value is -3.62. The number of H-pyrrole nitrogens is 2. The first kappa shape index (κ1) is 20.6. The van der Waals surface area contributed by atoms with Crippen LogP contribution in [0.4, 0.5) is 5.69 Å². The number of methoxy groups -OCH3 is 1. The third-order valence-corrected chi connectivity index (χ3v) is 5.17. The van der Waals surface area contributed by atoms with Crippen molar-refractivity contribution in [3.05, 3.63) is 66.6 Å². The number of carbonyl (C=O) groups is 1. The van der Waals surface area contributed by atoms with Gasteiger partial charge in [-0.2, -0.15) is 5.10 Å². The summed E-state index contributed by atoms with van der Waals surface area (Å²) in [5, 5.41) is 10.9. The second-order valence-corrected chi connectivity index (χ2v) is 7.11. The second-order valence-electron chi connectivity index (χ2n) is 7.11. The predicted octanol–water partition coefficient (Wildman–Crippen LogP) is 3.26. The van der Waals surface area contributed by atoms with Crippen LogP contribution >= 0.6 is 0 Å². The van der Waals surface area contributed by atoms with Gasteiger partial charge in [-0.1, -0.05) is 24.3 Å². The molecule has 31 heavy (non-hydrogen) atoms. The molecule has 4 rings (SSSR count). The number of aromatic amines is 2. The van der Waals surface area contributed by atoms with E-state index in [0.717, 1.165) is 33.3 Å². The molecule has 0 aliphatic rings. The van der Waals surface area contributed by atoms with Gasteiger partial charge in [-0.25, -0.2) is 0 Å². The average Bonchev–Trinajstić information content (AvgIpc) is 3.46. The van der Waals surface area contributed by atoms with Crippen LogP contribution in [0, 0.1) is 0 Å². The minimum atomic E-state index is -0.480. The lowest BCUT2D eigenvalue weighted by Gasteiger charge is -2.16. The number of para-hydroxylation sites is 1. The van der Waals surface area contributed by atoms with Gasteiger partial charge < -0.3 is 25.5 Å². The van der Waals surface area contributed by atoms with E-state index in [-0.39, 0.29) is 12.5 Å².